The molecule has 0 atom stereocenters. The third-order valence-electron chi connectivity index (χ3n) is 4.08. The lowest BCUT2D eigenvalue weighted by Gasteiger charge is -2.26. The van der Waals surface area contributed by atoms with E-state index in [2.05, 4.69) is 65.6 Å². The van der Waals surface area contributed by atoms with Gasteiger partial charge in [0.2, 0.25) is 0 Å². The Morgan fingerprint density at radius 3 is 2.48 bits per heavy atom. The standard InChI is InChI=1S/C19H22N2/c20-14-17-7-4-8-19(13-17)18-9-11-21(12-10-18)15-16-5-2-1-3-6-16/h1-9,13H,10-12,14-15,20H2. The number of nitrogens with two attached hydrogens (primary N) is 1. The minimum Gasteiger partial charge on any atom is -0.326 e. The van der Waals surface area contributed by atoms with Crippen molar-refractivity contribution in [2.24, 2.45) is 5.73 Å². The summed E-state index contributed by atoms with van der Waals surface area (Å²) in [5, 5.41) is 0. The smallest absolute Gasteiger partial charge is 0.0237 e. The Morgan fingerprint density at radius 2 is 1.76 bits per heavy atom. The monoisotopic (exact) mass is 278 g/mol. The fourth-order valence-electron chi connectivity index (χ4n) is 2.86. The van der Waals surface area contributed by atoms with Crippen molar-refractivity contribution in [3.8, 4) is 0 Å². The van der Waals surface area contributed by atoms with Crippen LogP contribution in [-0.4, -0.2) is 18.0 Å². The molecule has 0 saturated carbocycles. The van der Waals surface area contributed by atoms with Gasteiger partial charge >= 0.3 is 0 Å². The van der Waals surface area contributed by atoms with Crippen molar-refractivity contribution in [3.05, 3.63) is 77.4 Å². The summed E-state index contributed by atoms with van der Waals surface area (Å²) in [6.07, 6.45) is 3.48. The van der Waals surface area contributed by atoms with Gasteiger partial charge in [-0.3, -0.25) is 4.90 Å². The van der Waals surface area contributed by atoms with E-state index in [1.54, 1.807) is 0 Å². The highest BCUT2D eigenvalue weighted by molar-refractivity contribution is 5.67. The molecule has 2 aromatic rings. The Morgan fingerprint density at radius 1 is 0.952 bits per heavy atom. The van der Waals surface area contributed by atoms with Gasteiger partial charge in [0.15, 0.2) is 0 Å². The molecule has 2 heteroatoms. The predicted octanol–water partition coefficient (Wildman–Crippen LogP) is 3.43. The second-order valence-corrected chi connectivity index (χ2v) is 5.60. The zero-order valence-corrected chi connectivity index (χ0v) is 12.3. The molecule has 0 radical (unpaired) electrons. The minimum absolute atomic E-state index is 0.612. The Balaban J connectivity index is 1.66. The number of hydrogen-bond donors (Lipinski definition) is 1. The van der Waals surface area contributed by atoms with Gasteiger partial charge in [-0.1, -0.05) is 60.7 Å². The number of rotatable bonds is 4. The van der Waals surface area contributed by atoms with Crippen LogP contribution in [0.15, 0.2) is 60.7 Å². The first kappa shape index (κ1) is 14.1. The summed E-state index contributed by atoms with van der Waals surface area (Å²) in [5.41, 5.74) is 11.1. The Kier molecular flexibility index (Phi) is 4.49. The number of nitrogens with zero attached hydrogens (tertiary/aromatic N) is 1. The van der Waals surface area contributed by atoms with E-state index in [0.717, 1.165) is 26.1 Å². The maximum atomic E-state index is 5.73. The quantitative estimate of drug-likeness (QED) is 0.928. The third kappa shape index (κ3) is 3.60. The lowest BCUT2D eigenvalue weighted by atomic mass is 9.97. The summed E-state index contributed by atoms with van der Waals surface area (Å²) >= 11 is 0. The van der Waals surface area contributed by atoms with Crippen LogP contribution in [0.3, 0.4) is 0 Å². The highest BCUT2D eigenvalue weighted by atomic mass is 15.1. The van der Waals surface area contributed by atoms with Crippen LogP contribution in [0.1, 0.15) is 23.1 Å². The molecule has 0 unspecified atom stereocenters. The second-order valence-electron chi connectivity index (χ2n) is 5.60. The summed E-state index contributed by atoms with van der Waals surface area (Å²) in [6.45, 7) is 3.79. The van der Waals surface area contributed by atoms with Crippen LogP contribution >= 0.6 is 0 Å². The van der Waals surface area contributed by atoms with Crippen LogP contribution in [0.2, 0.25) is 0 Å². The van der Waals surface area contributed by atoms with E-state index < -0.39 is 0 Å². The highest BCUT2D eigenvalue weighted by Gasteiger charge is 2.13. The van der Waals surface area contributed by atoms with Gasteiger partial charge in [0.25, 0.3) is 0 Å². The Bertz CT molecular complexity index is 616. The van der Waals surface area contributed by atoms with E-state index >= 15 is 0 Å². The van der Waals surface area contributed by atoms with E-state index in [0.29, 0.717) is 6.54 Å². The molecule has 0 amide bonds. The SMILES string of the molecule is NCc1cccc(C2=CCN(Cc3ccccc3)CC2)c1. The van der Waals surface area contributed by atoms with Gasteiger partial charge < -0.3 is 5.73 Å². The van der Waals surface area contributed by atoms with Gasteiger partial charge in [0.1, 0.15) is 0 Å². The van der Waals surface area contributed by atoms with E-state index in [1.165, 1.54) is 22.3 Å². The lowest BCUT2D eigenvalue weighted by molar-refractivity contribution is 0.294. The van der Waals surface area contributed by atoms with Gasteiger partial charge in [0, 0.05) is 26.2 Å². The zero-order valence-electron chi connectivity index (χ0n) is 12.3. The van der Waals surface area contributed by atoms with Crippen molar-refractivity contribution in [1.29, 1.82) is 0 Å². The van der Waals surface area contributed by atoms with E-state index in [9.17, 15) is 0 Å². The van der Waals surface area contributed by atoms with Crippen LogP contribution in [0.4, 0.5) is 0 Å². The molecule has 21 heavy (non-hydrogen) atoms. The van der Waals surface area contributed by atoms with E-state index in [-0.39, 0.29) is 0 Å². The molecule has 1 heterocycles. The van der Waals surface area contributed by atoms with Crippen molar-refractivity contribution in [2.75, 3.05) is 13.1 Å². The van der Waals surface area contributed by atoms with Gasteiger partial charge in [-0.2, -0.15) is 0 Å². The molecule has 2 N–H and O–H groups in total. The fraction of sp³-hybridized carbons (Fsp3) is 0.263. The first-order valence-corrected chi connectivity index (χ1v) is 7.60. The van der Waals surface area contributed by atoms with Crippen molar-refractivity contribution in [3.63, 3.8) is 0 Å². The van der Waals surface area contributed by atoms with Crippen molar-refractivity contribution < 1.29 is 0 Å². The molecule has 3 rings (SSSR count). The van der Waals surface area contributed by atoms with Crippen molar-refractivity contribution >= 4 is 5.57 Å². The normalized spacial score (nSPS) is 15.8. The van der Waals surface area contributed by atoms with E-state index in [1.807, 2.05) is 0 Å². The number of hydrogen-bond acceptors (Lipinski definition) is 2. The van der Waals surface area contributed by atoms with Crippen molar-refractivity contribution in [1.82, 2.24) is 4.90 Å². The van der Waals surface area contributed by atoms with Gasteiger partial charge in [-0.05, 0) is 28.7 Å². The lowest BCUT2D eigenvalue weighted by Crippen LogP contribution is -2.28. The fourth-order valence-corrected chi connectivity index (χ4v) is 2.86. The van der Waals surface area contributed by atoms with Crippen LogP contribution in [-0.2, 0) is 13.1 Å². The maximum absolute atomic E-state index is 5.73. The highest BCUT2D eigenvalue weighted by Crippen LogP contribution is 2.23. The van der Waals surface area contributed by atoms with Crippen LogP contribution in [0, 0.1) is 0 Å². The summed E-state index contributed by atoms with van der Waals surface area (Å²) in [7, 11) is 0. The summed E-state index contributed by atoms with van der Waals surface area (Å²) < 4.78 is 0. The molecule has 0 aromatic heterocycles. The second kappa shape index (κ2) is 6.70. The molecule has 0 spiro atoms. The van der Waals surface area contributed by atoms with Crippen molar-refractivity contribution in [2.45, 2.75) is 19.5 Å². The van der Waals surface area contributed by atoms with Gasteiger partial charge in [-0.15, -0.1) is 0 Å². The zero-order chi connectivity index (χ0) is 14.5. The molecule has 0 fully saturated rings. The molecule has 2 aromatic carbocycles. The van der Waals surface area contributed by atoms with Crippen LogP contribution < -0.4 is 5.73 Å². The molecular weight excluding hydrogens is 256 g/mol. The van der Waals surface area contributed by atoms with E-state index in [4.69, 9.17) is 5.73 Å². The average Bonchev–Trinajstić information content (AvgIpc) is 2.56. The van der Waals surface area contributed by atoms with Gasteiger partial charge in [-0.25, -0.2) is 0 Å². The molecular formula is C19H22N2. The Hall–Kier alpha value is -1.90. The Labute approximate surface area is 126 Å². The summed E-state index contributed by atoms with van der Waals surface area (Å²) in [5.74, 6) is 0. The molecule has 108 valence electrons. The first-order chi connectivity index (χ1) is 10.3. The third-order valence-corrected chi connectivity index (χ3v) is 4.08. The summed E-state index contributed by atoms with van der Waals surface area (Å²) in [6, 6.07) is 19.3. The topological polar surface area (TPSA) is 29.3 Å². The molecule has 1 aliphatic rings. The van der Waals surface area contributed by atoms with Crippen LogP contribution in [0.5, 0.6) is 0 Å². The summed E-state index contributed by atoms with van der Waals surface area (Å²) in [4.78, 5) is 2.49. The van der Waals surface area contributed by atoms with Gasteiger partial charge in [0.05, 0.1) is 0 Å². The number of benzene rings is 2. The van der Waals surface area contributed by atoms with Crippen LogP contribution in [0.25, 0.3) is 5.57 Å². The largest absolute Gasteiger partial charge is 0.326 e. The average molecular weight is 278 g/mol. The molecule has 0 aliphatic carbocycles. The minimum atomic E-state index is 0.612. The molecule has 2 nitrogen and oxygen atoms in total. The predicted molar refractivity (Wildman–Crippen MR) is 88.6 cm³/mol. The maximum Gasteiger partial charge on any atom is 0.0237 e. The molecule has 0 bridgehead atoms. The first-order valence-electron chi connectivity index (χ1n) is 7.60. The molecule has 1 aliphatic heterocycles. The molecule has 0 saturated heterocycles.